The molecule has 2 heterocycles. The average molecular weight is 214 g/mol. The predicted molar refractivity (Wildman–Crippen MR) is 61.1 cm³/mol. The number of amides is 2. The van der Waals surface area contributed by atoms with Gasteiger partial charge < -0.3 is 10.6 Å². The predicted octanol–water partition coefficient (Wildman–Crippen LogP) is 2.12. The summed E-state index contributed by atoms with van der Waals surface area (Å²) in [5.74, 6) is 0. The molecule has 0 atom stereocenters. The summed E-state index contributed by atoms with van der Waals surface area (Å²) >= 11 is 0. The zero-order chi connectivity index (χ0) is 11.2. The fraction of sp³-hybridized carbons (Fsp3) is 0. The summed E-state index contributed by atoms with van der Waals surface area (Å²) in [4.78, 5) is 19.3. The third-order valence-electron chi connectivity index (χ3n) is 1.86. The van der Waals surface area contributed by atoms with Crippen molar-refractivity contribution in [1.82, 2.24) is 9.97 Å². The molecule has 5 heteroatoms. The van der Waals surface area contributed by atoms with E-state index < -0.39 is 0 Å². The number of rotatable bonds is 2. The Hall–Kier alpha value is -2.43. The molecule has 0 aliphatic carbocycles. The van der Waals surface area contributed by atoms with Crippen LogP contribution in [0.5, 0.6) is 0 Å². The first-order valence-electron chi connectivity index (χ1n) is 4.72. The van der Waals surface area contributed by atoms with E-state index in [2.05, 4.69) is 20.6 Å². The lowest BCUT2D eigenvalue weighted by Crippen LogP contribution is -2.19. The summed E-state index contributed by atoms with van der Waals surface area (Å²) in [6.45, 7) is 0. The lowest BCUT2D eigenvalue weighted by molar-refractivity contribution is 0.262. The Morgan fingerprint density at radius 2 is 1.69 bits per heavy atom. The highest BCUT2D eigenvalue weighted by molar-refractivity contribution is 5.99. The van der Waals surface area contributed by atoms with Gasteiger partial charge in [0.1, 0.15) is 0 Å². The number of anilines is 2. The van der Waals surface area contributed by atoms with E-state index in [4.69, 9.17) is 0 Å². The molecule has 16 heavy (non-hydrogen) atoms. The van der Waals surface area contributed by atoms with Gasteiger partial charge in [-0.1, -0.05) is 0 Å². The number of pyridine rings is 2. The summed E-state index contributed by atoms with van der Waals surface area (Å²) in [5, 5.41) is 5.33. The molecule has 2 N–H and O–H groups in total. The lowest BCUT2D eigenvalue weighted by atomic mass is 10.4. The van der Waals surface area contributed by atoms with Crippen LogP contribution in [-0.4, -0.2) is 16.0 Å². The normalized spacial score (nSPS) is 9.50. The third-order valence-corrected chi connectivity index (χ3v) is 1.86. The van der Waals surface area contributed by atoms with Crippen LogP contribution < -0.4 is 10.6 Å². The quantitative estimate of drug-likeness (QED) is 0.804. The molecule has 2 rings (SSSR count). The monoisotopic (exact) mass is 214 g/mol. The first-order valence-corrected chi connectivity index (χ1v) is 4.72. The standard InChI is InChI=1S/C11H10N4O/c16-11(14-9-3-6-12-7-4-9)15-10-2-1-5-13-8-10/h1-8H,(H2,12,14,15,16). The van der Waals surface area contributed by atoms with E-state index in [-0.39, 0.29) is 6.03 Å². The van der Waals surface area contributed by atoms with Gasteiger partial charge in [-0.3, -0.25) is 9.97 Å². The molecule has 2 amide bonds. The van der Waals surface area contributed by atoms with Gasteiger partial charge in [-0.15, -0.1) is 0 Å². The van der Waals surface area contributed by atoms with Crippen molar-refractivity contribution < 1.29 is 4.79 Å². The van der Waals surface area contributed by atoms with Crippen molar-refractivity contribution in [1.29, 1.82) is 0 Å². The van der Waals surface area contributed by atoms with Crippen LogP contribution >= 0.6 is 0 Å². The largest absolute Gasteiger partial charge is 0.323 e. The topological polar surface area (TPSA) is 66.9 Å². The third kappa shape index (κ3) is 2.78. The number of hydrogen-bond acceptors (Lipinski definition) is 3. The van der Waals surface area contributed by atoms with E-state index in [1.54, 1.807) is 49.1 Å². The van der Waals surface area contributed by atoms with Crippen LogP contribution in [0.15, 0.2) is 49.1 Å². The van der Waals surface area contributed by atoms with E-state index in [0.29, 0.717) is 11.4 Å². The summed E-state index contributed by atoms with van der Waals surface area (Å²) in [5.41, 5.74) is 1.34. The second-order valence-corrected chi connectivity index (χ2v) is 3.06. The van der Waals surface area contributed by atoms with Gasteiger partial charge in [0.15, 0.2) is 0 Å². The smallest absolute Gasteiger partial charge is 0.308 e. The van der Waals surface area contributed by atoms with Crippen LogP contribution in [0, 0.1) is 0 Å². The summed E-state index contributed by atoms with van der Waals surface area (Å²) in [6.07, 6.45) is 6.44. The number of carbonyl (C=O) groups excluding carboxylic acids is 1. The highest BCUT2D eigenvalue weighted by Gasteiger charge is 2.01. The molecule has 0 aliphatic rings. The zero-order valence-electron chi connectivity index (χ0n) is 8.42. The SMILES string of the molecule is O=C(Nc1ccncc1)Nc1cccnc1. The van der Waals surface area contributed by atoms with Crippen LogP contribution in [0.25, 0.3) is 0 Å². The lowest BCUT2D eigenvalue weighted by Gasteiger charge is -2.06. The fourth-order valence-electron chi connectivity index (χ4n) is 1.17. The Morgan fingerprint density at radius 3 is 2.38 bits per heavy atom. The summed E-state index contributed by atoms with van der Waals surface area (Å²) < 4.78 is 0. The molecule has 0 saturated carbocycles. The van der Waals surface area contributed by atoms with Crippen LogP contribution in [0.4, 0.5) is 16.2 Å². The fourth-order valence-corrected chi connectivity index (χ4v) is 1.17. The minimum Gasteiger partial charge on any atom is -0.308 e. The van der Waals surface area contributed by atoms with Crippen molar-refractivity contribution in [2.45, 2.75) is 0 Å². The molecule has 5 nitrogen and oxygen atoms in total. The number of nitrogens with zero attached hydrogens (tertiary/aromatic N) is 2. The van der Waals surface area contributed by atoms with Crippen molar-refractivity contribution in [3.05, 3.63) is 49.1 Å². The molecule has 0 saturated heterocycles. The molecule has 0 fully saturated rings. The van der Waals surface area contributed by atoms with Gasteiger partial charge >= 0.3 is 6.03 Å². The summed E-state index contributed by atoms with van der Waals surface area (Å²) in [7, 11) is 0. The van der Waals surface area contributed by atoms with Crippen molar-refractivity contribution in [3.8, 4) is 0 Å². The zero-order valence-corrected chi connectivity index (χ0v) is 8.42. The van der Waals surface area contributed by atoms with Gasteiger partial charge in [-0.25, -0.2) is 4.79 Å². The summed E-state index contributed by atoms with van der Waals surface area (Å²) in [6, 6.07) is 6.63. The maximum atomic E-state index is 11.5. The van der Waals surface area contributed by atoms with Crippen LogP contribution in [0.2, 0.25) is 0 Å². The molecule has 2 aromatic heterocycles. The van der Waals surface area contributed by atoms with Gasteiger partial charge in [0, 0.05) is 24.3 Å². The number of urea groups is 1. The minimum atomic E-state index is -0.306. The molecule has 0 spiro atoms. The van der Waals surface area contributed by atoms with Crippen molar-refractivity contribution in [2.24, 2.45) is 0 Å². The molecular weight excluding hydrogens is 204 g/mol. The maximum absolute atomic E-state index is 11.5. The van der Waals surface area contributed by atoms with Crippen LogP contribution in [0.3, 0.4) is 0 Å². The Kier molecular flexibility index (Phi) is 3.08. The van der Waals surface area contributed by atoms with E-state index in [1.165, 1.54) is 0 Å². The minimum absolute atomic E-state index is 0.306. The highest BCUT2D eigenvalue weighted by Crippen LogP contribution is 2.06. The van der Waals surface area contributed by atoms with Crippen molar-refractivity contribution in [2.75, 3.05) is 10.6 Å². The van der Waals surface area contributed by atoms with Crippen molar-refractivity contribution in [3.63, 3.8) is 0 Å². The Balaban J connectivity index is 1.95. The first kappa shape index (κ1) is 10.1. The first-order chi connectivity index (χ1) is 7.84. The molecule has 80 valence electrons. The molecule has 0 aromatic carbocycles. The number of aromatic nitrogens is 2. The van der Waals surface area contributed by atoms with Crippen LogP contribution in [0.1, 0.15) is 0 Å². The number of hydrogen-bond donors (Lipinski definition) is 2. The number of carbonyl (C=O) groups is 1. The van der Waals surface area contributed by atoms with Crippen LogP contribution in [-0.2, 0) is 0 Å². The van der Waals surface area contributed by atoms with Gasteiger partial charge in [-0.2, -0.15) is 0 Å². The van der Waals surface area contributed by atoms with Crippen molar-refractivity contribution >= 4 is 17.4 Å². The Bertz CT molecular complexity index is 414. The van der Waals surface area contributed by atoms with Gasteiger partial charge in [0.25, 0.3) is 0 Å². The van der Waals surface area contributed by atoms with E-state index in [9.17, 15) is 4.79 Å². The second kappa shape index (κ2) is 4.88. The van der Waals surface area contributed by atoms with Gasteiger partial charge in [0.05, 0.1) is 11.9 Å². The maximum Gasteiger partial charge on any atom is 0.323 e. The van der Waals surface area contributed by atoms with E-state index in [0.717, 1.165) is 0 Å². The molecule has 0 radical (unpaired) electrons. The van der Waals surface area contributed by atoms with E-state index >= 15 is 0 Å². The molecule has 0 bridgehead atoms. The van der Waals surface area contributed by atoms with Gasteiger partial charge in [-0.05, 0) is 24.3 Å². The molecule has 0 aliphatic heterocycles. The Morgan fingerprint density at radius 1 is 0.938 bits per heavy atom. The molecule has 0 unspecified atom stereocenters. The van der Waals surface area contributed by atoms with Gasteiger partial charge in [0.2, 0.25) is 0 Å². The highest BCUT2D eigenvalue weighted by atomic mass is 16.2. The van der Waals surface area contributed by atoms with E-state index in [1.807, 2.05) is 0 Å². The second-order valence-electron chi connectivity index (χ2n) is 3.06. The number of nitrogens with one attached hydrogen (secondary N) is 2. The average Bonchev–Trinajstić information content (AvgIpc) is 2.31. The molecular formula is C11H10N4O. The molecule has 2 aromatic rings. The Labute approximate surface area is 92.6 Å².